The Bertz CT molecular complexity index is 406. The van der Waals surface area contributed by atoms with Crippen LogP contribution in [-0.2, 0) is 4.79 Å². The van der Waals surface area contributed by atoms with Gasteiger partial charge in [0.05, 0.1) is 6.54 Å². The third-order valence-electron chi connectivity index (χ3n) is 2.84. The van der Waals surface area contributed by atoms with E-state index in [1.807, 2.05) is 24.4 Å². The Balaban J connectivity index is 2.52. The maximum absolute atomic E-state index is 12.2. The molecule has 0 saturated carbocycles. The van der Waals surface area contributed by atoms with Gasteiger partial charge in [-0.3, -0.25) is 9.69 Å². The van der Waals surface area contributed by atoms with Gasteiger partial charge in [0.2, 0.25) is 5.91 Å². The topological polar surface area (TPSA) is 23.6 Å². The summed E-state index contributed by atoms with van der Waals surface area (Å²) in [4.78, 5) is 15.2. The predicted molar refractivity (Wildman–Crippen MR) is 69.1 cm³/mol. The van der Waals surface area contributed by atoms with Gasteiger partial charge in [-0.25, -0.2) is 0 Å². The van der Waals surface area contributed by atoms with Gasteiger partial charge in [-0.1, -0.05) is 6.07 Å². The first-order valence-corrected chi connectivity index (χ1v) is 6.63. The molecule has 0 aliphatic carbocycles. The molecule has 0 spiro atoms. The van der Waals surface area contributed by atoms with Gasteiger partial charge in [-0.15, -0.1) is 11.3 Å². The van der Waals surface area contributed by atoms with E-state index in [4.69, 9.17) is 0 Å². The van der Waals surface area contributed by atoms with E-state index < -0.39 is 18.6 Å². The Morgan fingerprint density at radius 1 is 1.42 bits per heavy atom. The molecule has 1 heterocycles. The van der Waals surface area contributed by atoms with Crippen molar-refractivity contribution in [2.75, 3.05) is 27.2 Å². The lowest BCUT2D eigenvalue weighted by atomic mass is 10.2. The van der Waals surface area contributed by atoms with Crippen molar-refractivity contribution in [1.82, 2.24) is 9.80 Å². The second-order valence-electron chi connectivity index (χ2n) is 4.47. The molecule has 0 aliphatic heterocycles. The number of halogens is 3. The van der Waals surface area contributed by atoms with Crippen LogP contribution >= 0.6 is 11.3 Å². The third-order valence-corrected chi connectivity index (χ3v) is 3.89. The standard InChI is InChI=1S/C12H17F3N2OS/c1-9(10-5-4-6-19-10)16(2)7-11(18)17(3)8-12(13,14)15/h4-6,9H,7-8H2,1-3H3. The first-order chi connectivity index (χ1) is 8.70. The SMILES string of the molecule is CC(c1cccs1)N(C)CC(=O)N(C)CC(F)(F)F. The van der Waals surface area contributed by atoms with Gasteiger partial charge in [-0.05, 0) is 25.4 Å². The van der Waals surface area contributed by atoms with Gasteiger partial charge in [0.1, 0.15) is 6.54 Å². The Labute approximate surface area is 114 Å². The summed E-state index contributed by atoms with van der Waals surface area (Å²) >= 11 is 1.56. The molecule has 1 rings (SSSR count). The fourth-order valence-corrected chi connectivity index (χ4v) is 2.42. The summed E-state index contributed by atoms with van der Waals surface area (Å²) in [7, 11) is 2.89. The molecular weight excluding hydrogens is 277 g/mol. The lowest BCUT2D eigenvalue weighted by molar-refractivity contribution is -0.159. The van der Waals surface area contributed by atoms with Crippen molar-refractivity contribution in [2.24, 2.45) is 0 Å². The van der Waals surface area contributed by atoms with Crippen LogP contribution in [0, 0.1) is 0 Å². The summed E-state index contributed by atoms with van der Waals surface area (Å²) in [6.45, 7) is 0.668. The zero-order chi connectivity index (χ0) is 14.6. The number of likely N-dealkylation sites (N-methyl/N-ethyl adjacent to an activating group) is 2. The number of alkyl halides is 3. The number of rotatable bonds is 5. The Hall–Kier alpha value is -1.08. The molecule has 0 bridgehead atoms. The molecule has 0 saturated heterocycles. The van der Waals surface area contributed by atoms with Crippen LogP contribution in [0.5, 0.6) is 0 Å². The first kappa shape index (κ1) is 16.0. The number of amides is 1. The van der Waals surface area contributed by atoms with Crippen molar-refractivity contribution < 1.29 is 18.0 Å². The average Bonchev–Trinajstić information content (AvgIpc) is 2.78. The molecule has 19 heavy (non-hydrogen) atoms. The monoisotopic (exact) mass is 294 g/mol. The minimum absolute atomic E-state index is 0.00300. The van der Waals surface area contributed by atoms with Crippen molar-refractivity contribution in [3.63, 3.8) is 0 Å². The smallest absolute Gasteiger partial charge is 0.336 e. The van der Waals surface area contributed by atoms with Gasteiger partial charge >= 0.3 is 6.18 Å². The van der Waals surface area contributed by atoms with E-state index in [2.05, 4.69) is 0 Å². The van der Waals surface area contributed by atoms with Crippen molar-refractivity contribution in [3.8, 4) is 0 Å². The zero-order valence-corrected chi connectivity index (χ0v) is 11.9. The molecule has 1 aromatic heterocycles. The van der Waals surface area contributed by atoms with E-state index in [1.54, 1.807) is 23.3 Å². The van der Waals surface area contributed by atoms with Crippen LogP contribution in [0.15, 0.2) is 17.5 Å². The fourth-order valence-electron chi connectivity index (χ4n) is 1.57. The Morgan fingerprint density at radius 2 is 2.05 bits per heavy atom. The van der Waals surface area contributed by atoms with Crippen LogP contribution in [-0.4, -0.2) is 49.1 Å². The molecule has 3 nitrogen and oxygen atoms in total. The molecule has 0 fully saturated rings. The van der Waals surface area contributed by atoms with Gasteiger partial charge in [0.25, 0.3) is 0 Å². The molecule has 0 aromatic carbocycles. The van der Waals surface area contributed by atoms with Crippen LogP contribution in [0.1, 0.15) is 17.8 Å². The quantitative estimate of drug-likeness (QED) is 0.833. The highest BCUT2D eigenvalue weighted by atomic mass is 32.1. The normalized spacial score (nSPS) is 13.6. The van der Waals surface area contributed by atoms with E-state index in [-0.39, 0.29) is 12.6 Å². The van der Waals surface area contributed by atoms with E-state index in [0.717, 1.165) is 4.88 Å². The molecular formula is C12H17F3N2OS. The molecule has 1 unspecified atom stereocenters. The largest absolute Gasteiger partial charge is 0.406 e. The van der Waals surface area contributed by atoms with Crippen LogP contribution < -0.4 is 0 Å². The molecule has 1 aromatic rings. The number of carbonyl (C=O) groups is 1. The second kappa shape index (κ2) is 6.38. The second-order valence-corrected chi connectivity index (χ2v) is 5.45. The minimum atomic E-state index is -4.36. The zero-order valence-electron chi connectivity index (χ0n) is 11.1. The highest BCUT2D eigenvalue weighted by molar-refractivity contribution is 7.10. The molecule has 0 N–H and O–H groups in total. The third kappa shape index (κ3) is 5.20. The van der Waals surface area contributed by atoms with Gasteiger partial charge in [0, 0.05) is 18.0 Å². The molecule has 108 valence electrons. The lowest BCUT2D eigenvalue weighted by Crippen LogP contribution is -2.41. The summed E-state index contributed by atoms with van der Waals surface area (Å²) in [5.41, 5.74) is 0. The molecule has 0 radical (unpaired) electrons. The van der Waals surface area contributed by atoms with Crippen LogP contribution in [0.4, 0.5) is 13.2 Å². The van der Waals surface area contributed by atoms with Crippen molar-refractivity contribution in [3.05, 3.63) is 22.4 Å². The highest BCUT2D eigenvalue weighted by Gasteiger charge is 2.31. The maximum atomic E-state index is 12.2. The fraction of sp³-hybridized carbons (Fsp3) is 0.583. The first-order valence-electron chi connectivity index (χ1n) is 5.75. The van der Waals surface area contributed by atoms with Crippen molar-refractivity contribution in [1.29, 1.82) is 0 Å². The number of hydrogen-bond acceptors (Lipinski definition) is 3. The number of nitrogens with zero attached hydrogens (tertiary/aromatic N) is 2. The number of hydrogen-bond donors (Lipinski definition) is 0. The summed E-state index contributed by atoms with van der Waals surface area (Å²) in [5, 5.41) is 1.93. The Kier molecular flexibility index (Phi) is 5.37. The van der Waals surface area contributed by atoms with Crippen molar-refractivity contribution in [2.45, 2.75) is 19.1 Å². The van der Waals surface area contributed by atoms with Gasteiger partial charge in [-0.2, -0.15) is 13.2 Å². The molecule has 1 atom stereocenters. The number of thiophene rings is 1. The summed E-state index contributed by atoms with van der Waals surface area (Å²) in [5.74, 6) is -0.539. The summed E-state index contributed by atoms with van der Waals surface area (Å²) < 4.78 is 36.5. The molecule has 1 amide bonds. The summed E-state index contributed by atoms with van der Waals surface area (Å²) in [6.07, 6.45) is -4.36. The lowest BCUT2D eigenvalue weighted by Gasteiger charge is -2.26. The number of carbonyl (C=O) groups excluding carboxylic acids is 1. The Morgan fingerprint density at radius 3 is 2.53 bits per heavy atom. The van der Waals surface area contributed by atoms with E-state index >= 15 is 0 Å². The average molecular weight is 294 g/mol. The van der Waals surface area contributed by atoms with Gasteiger partial charge < -0.3 is 4.90 Å². The minimum Gasteiger partial charge on any atom is -0.336 e. The van der Waals surface area contributed by atoms with Crippen molar-refractivity contribution >= 4 is 17.2 Å². The van der Waals surface area contributed by atoms with Gasteiger partial charge in [0.15, 0.2) is 0 Å². The van der Waals surface area contributed by atoms with Crippen LogP contribution in [0.25, 0.3) is 0 Å². The molecule has 0 aliphatic rings. The van der Waals surface area contributed by atoms with E-state index in [1.165, 1.54) is 7.05 Å². The molecule has 7 heteroatoms. The van der Waals surface area contributed by atoms with Crippen LogP contribution in [0.2, 0.25) is 0 Å². The van der Waals surface area contributed by atoms with E-state index in [0.29, 0.717) is 4.90 Å². The maximum Gasteiger partial charge on any atom is 0.406 e. The van der Waals surface area contributed by atoms with E-state index in [9.17, 15) is 18.0 Å². The summed E-state index contributed by atoms with van der Waals surface area (Å²) in [6, 6.07) is 3.85. The predicted octanol–water partition coefficient (Wildman–Crippen LogP) is 2.76. The highest BCUT2D eigenvalue weighted by Crippen LogP contribution is 2.23. The van der Waals surface area contributed by atoms with Crippen LogP contribution in [0.3, 0.4) is 0 Å².